The Morgan fingerprint density at radius 2 is 2.15 bits per heavy atom. The summed E-state index contributed by atoms with van der Waals surface area (Å²) >= 11 is 13.2. The van der Waals surface area contributed by atoms with Crippen molar-refractivity contribution in [3.8, 4) is 0 Å². The normalized spacial score (nSPS) is 12.9. The van der Waals surface area contributed by atoms with Crippen molar-refractivity contribution in [1.82, 2.24) is 9.55 Å². The number of benzene rings is 1. The first-order chi connectivity index (χ1) is 13.0. The summed E-state index contributed by atoms with van der Waals surface area (Å²) in [7, 11) is 0. The maximum Gasteiger partial charge on any atom is 0.348 e. The number of hydrogen-bond donors (Lipinski definition) is 2. The molecule has 9 heteroatoms. The lowest BCUT2D eigenvalue weighted by Gasteiger charge is -2.14. The number of carbonyl (C=O) groups excluding carboxylic acids is 1. The van der Waals surface area contributed by atoms with Gasteiger partial charge in [-0.3, -0.25) is 9.36 Å². The van der Waals surface area contributed by atoms with Gasteiger partial charge in [-0.05, 0) is 43.9 Å². The molecular formula is C18H19Cl2N3O3S. The van der Waals surface area contributed by atoms with E-state index in [-0.39, 0.29) is 24.0 Å². The molecule has 3 rings (SSSR count). The van der Waals surface area contributed by atoms with Gasteiger partial charge in [0.2, 0.25) is 5.91 Å². The van der Waals surface area contributed by atoms with Crippen LogP contribution in [0.15, 0.2) is 28.0 Å². The lowest BCUT2D eigenvalue weighted by atomic mass is 10.2. The van der Waals surface area contributed by atoms with Crippen LogP contribution in [0.4, 0.5) is 5.69 Å². The number of halogens is 2. The van der Waals surface area contributed by atoms with E-state index in [0.717, 1.165) is 30.5 Å². The van der Waals surface area contributed by atoms with Gasteiger partial charge in [0.25, 0.3) is 0 Å². The van der Waals surface area contributed by atoms with Crippen LogP contribution in [0.25, 0.3) is 0 Å². The molecule has 1 aliphatic rings. The van der Waals surface area contributed by atoms with Crippen LogP contribution < -0.4 is 11.0 Å². The van der Waals surface area contributed by atoms with Crippen molar-refractivity contribution in [3.05, 3.63) is 50.0 Å². The molecule has 144 valence electrons. The summed E-state index contributed by atoms with van der Waals surface area (Å²) in [6, 6.07) is 4.85. The minimum Gasteiger partial charge on any atom is -0.396 e. The van der Waals surface area contributed by atoms with E-state index < -0.39 is 0 Å². The first-order valence-electron chi connectivity index (χ1n) is 8.60. The zero-order valence-corrected chi connectivity index (χ0v) is 16.8. The van der Waals surface area contributed by atoms with Crippen LogP contribution >= 0.6 is 35.0 Å². The number of anilines is 1. The van der Waals surface area contributed by atoms with E-state index >= 15 is 0 Å². The van der Waals surface area contributed by atoms with Gasteiger partial charge in [0, 0.05) is 29.4 Å². The second-order valence-electron chi connectivity index (χ2n) is 6.17. The number of nitrogens with zero attached hydrogens (tertiary/aromatic N) is 2. The molecule has 0 bridgehead atoms. The monoisotopic (exact) mass is 427 g/mol. The van der Waals surface area contributed by atoms with Crippen LogP contribution in [0.1, 0.15) is 24.1 Å². The Kier molecular flexibility index (Phi) is 6.81. The zero-order chi connectivity index (χ0) is 19.4. The number of hydrogen-bond acceptors (Lipinski definition) is 5. The quantitative estimate of drug-likeness (QED) is 0.523. The molecule has 0 unspecified atom stereocenters. The molecule has 0 spiro atoms. The number of thioether (sulfide) groups is 1. The number of nitrogens with one attached hydrogen (secondary N) is 1. The molecule has 2 aromatic rings. The van der Waals surface area contributed by atoms with E-state index in [0.29, 0.717) is 33.7 Å². The first-order valence-corrected chi connectivity index (χ1v) is 10.3. The largest absolute Gasteiger partial charge is 0.396 e. The Labute approximate surface area is 170 Å². The summed E-state index contributed by atoms with van der Waals surface area (Å²) in [5.74, 6) is -0.135. The standard InChI is InChI=1S/C18H19Cl2N3O3S/c19-11-5-6-13(20)14(9-11)21-16(25)10-27-17-12-3-1-4-15(12)23(7-2-8-24)18(26)22-17/h5-6,9,24H,1-4,7-8,10H2,(H,21,25). The highest BCUT2D eigenvalue weighted by molar-refractivity contribution is 8.00. The van der Waals surface area contributed by atoms with Gasteiger partial charge in [-0.15, -0.1) is 0 Å². The van der Waals surface area contributed by atoms with E-state index in [1.807, 2.05) is 0 Å². The second kappa shape index (κ2) is 9.10. The van der Waals surface area contributed by atoms with Gasteiger partial charge in [0.15, 0.2) is 0 Å². The van der Waals surface area contributed by atoms with Crippen molar-refractivity contribution in [2.45, 2.75) is 37.3 Å². The van der Waals surface area contributed by atoms with Crippen molar-refractivity contribution in [2.24, 2.45) is 0 Å². The summed E-state index contributed by atoms with van der Waals surface area (Å²) in [6.45, 7) is 0.493. The fourth-order valence-corrected chi connectivity index (χ4v) is 4.29. The maximum atomic E-state index is 12.3. The molecule has 1 aromatic heterocycles. The van der Waals surface area contributed by atoms with Crippen LogP contribution in [0.5, 0.6) is 0 Å². The third-order valence-corrected chi connectivity index (χ3v) is 5.87. The topological polar surface area (TPSA) is 84.2 Å². The highest BCUT2D eigenvalue weighted by Crippen LogP contribution is 2.30. The lowest BCUT2D eigenvalue weighted by molar-refractivity contribution is -0.113. The van der Waals surface area contributed by atoms with E-state index in [1.165, 1.54) is 11.8 Å². The number of carbonyl (C=O) groups is 1. The summed E-state index contributed by atoms with van der Waals surface area (Å²) < 4.78 is 1.65. The summed E-state index contributed by atoms with van der Waals surface area (Å²) in [6.07, 6.45) is 3.13. The molecule has 6 nitrogen and oxygen atoms in total. The maximum absolute atomic E-state index is 12.3. The van der Waals surface area contributed by atoms with Gasteiger partial charge in [-0.25, -0.2) is 4.79 Å². The number of amides is 1. The molecular weight excluding hydrogens is 409 g/mol. The average molecular weight is 428 g/mol. The SMILES string of the molecule is O=C(CSc1nc(=O)n(CCCO)c2c1CCC2)Nc1cc(Cl)ccc1Cl. The van der Waals surface area contributed by atoms with Crippen molar-refractivity contribution < 1.29 is 9.90 Å². The third-order valence-electron chi connectivity index (χ3n) is 4.28. The molecule has 0 atom stereocenters. The summed E-state index contributed by atoms with van der Waals surface area (Å²) in [5, 5.41) is 13.2. The average Bonchev–Trinajstić information content (AvgIpc) is 3.12. The minimum atomic E-state index is -0.329. The first kappa shape index (κ1) is 20.2. The predicted octanol–water partition coefficient (Wildman–Crippen LogP) is 3.15. The molecule has 0 saturated carbocycles. The summed E-state index contributed by atoms with van der Waals surface area (Å²) in [5.41, 5.74) is 2.13. The van der Waals surface area contributed by atoms with Gasteiger partial charge in [0.1, 0.15) is 5.03 Å². The molecule has 0 radical (unpaired) electrons. The molecule has 2 N–H and O–H groups in total. The molecule has 1 aromatic carbocycles. The van der Waals surface area contributed by atoms with Crippen LogP contribution in [-0.2, 0) is 24.2 Å². The van der Waals surface area contributed by atoms with Gasteiger partial charge in [0.05, 0.1) is 16.5 Å². The van der Waals surface area contributed by atoms with Crippen LogP contribution in [0.3, 0.4) is 0 Å². The number of aliphatic hydroxyl groups is 1. The predicted molar refractivity (Wildman–Crippen MR) is 108 cm³/mol. The minimum absolute atomic E-state index is 0.0317. The molecule has 1 amide bonds. The van der Waals surface area contributed by atoms with Gasteiger partial charge >= 0.3 is 5.69 Å². The molecule has 27 heavy (non-hydrogen) atoms. The Bertz CT molecular complexity index is 917. The van der Waals surface area contributed by atoms with E-state index in [1.54, 1.807) is 22.8 Å². The Balaban J connectivity index is 1.72. The second-order valence-corrected chi connectivity index (χ2v) is 7.98. The van der Waals surface area contributed by atoms with E-state index in [9.17, 15) is 9.59 Å². The fourth-order valence-electron chi connectivity index (χ4n) is 3.08. The van der Waals surface area contributed by atoms with Gasteiger partial charge in [-0.2, -0.15) is 4.98 Å². The highest BCUT2D eigenvalue weighted by Gasteiger charge is 2.22. The molecule has 1 heterocycles. The number of aliphatic hydroxyl groups excluding tert-OH is 1. The van der Waals surface area contributed by atoms with Crippen molar-refractivity contribution in [2.75, 3.05) is 17.7 Å². The number of aromatic nitrogens is 2. The lowest BCUT2D eigenvalue weighted by Crippen LogP contribution is -2.28. The van der Waals surface area contributed by atoms with Gasteiger partial charge < -0.3 is 10.4 Å². The highest BCUT2D eigenvalue weighted by atomic mass is 35.5. The van der Waals surface area contributed by atoms with Crippen molar-refractivity contribution in [3.63, 3.8) is 0 Å². The fraction of sp³-hybridized carbons (Fsp3) is 0.389. The number of fused-ring (bicyclic) bond motifs is 1. The molecule has 0 aliphatic heterocycles. The van der Waals surface area contributed by atoms with Crippen LogP contribution in [0, 0.1) is 0 Å². The Morgan fingerprint density at radius 1 is 1.33 bits per heavy atom. The number of rotatable bonds is 7. The van der Waals surface area contributed by atoms with Crippen molar-refractivity contribution in [1.29, 1.82) is 0 Å². The molecule has 0 fully saturated rings. The van der Waals surface area contributed by atoms with E-state index in [2.05, 4.69) is 10.3 Å². The smallest absolute Gasteiger partial charge is 0.348 e. The van der Waals surface area contributed by atoms with E-state index in [4.69, 9.17) is 28.3 Å². The zero-order valence-electron chi connectivity index (χ0n) is 14.5. The molecule has 1 aliphatic carbocycles. The van der Waals surface area contributed by atoms with Crippen molar-refractivity contribution >= 4 is 46.6 Å². The molecule has 0 saturated heterocycles. The van der Waals surface area contributed by atoms with Crippen LogP contribution in [-0.4, -0.2) is 32.9 Å². The summed E-state index contributed by atoms with van der Waals surface area (Å²) in [4.78, 5) is 28.8. The third kappa shape index (κ3) is 4.85. The van der Waals surface area contributed by atoms with Gasteiger partial charge in [-0.1, -0.05) is 35.0 Å². The Morgan fingerprint density at radius 3 is 2.93 bits per heavy atom. The Hall–Kier alpha value is -1.54. The van der Waals surface area contributed by atoms with Crippen LogP contribution in [0.2, 0.25) is 10.0 Å².